The van der Waals surface area contributed by atoms with Gasteiger partial charge in [-0.1, -0.05) is 0 Å². The first-order chi connectivity index (χ1) is 5.59. The minimum Gasteiger partial charge on any atom is -0.478 e. The van der Waals surface area contributed by atoms with Crippen LogP contribution < -0.4 is 0 Å². The van der Waals surface area contributed by atoms with Gasteiger partial charge in [-0.05, 0) is 19.9 Å². The van der Waals surface area contributed by atoms with Gasteiger partial charge in [0.25, 0.3) is 0 Å². The molecule has 3 nitrogen and oxygen atoms in total. The summed E-state index contributed by atoms with van der Waals surface area (Å²) in [5, 5.41) is 9.08. The first-order valence-corrected chi connectivity index (χ1v) is 4.26. The van der Waals surface area contributed by atoms with Crippen LogP contribution in [0.5, 0.6) is 0 Å². The topological polar surface area (TPSA) is 50.2 Å². The van der Waals surface area contributed by atoms with E-state index in [4.69, 9.17) is 5.11 Å². The third-order valence-electron chi connectivity index (χ3n) is 1.41. The predicted molar refractivity (Wildman–Crippen MR) is 48.3 cm³/mol. The van der Waals surface area contributed by atoms with E-state index in [1.165, 1.54) is 17.4 Å². The molecule has 64 valence electrons. The standard InChI is InChI=1S/C8H9NO2S/c1-5-6(2)12-7(9-5)3-4-8(10)11/h3-4H,1-2H3,(H,10,11)/b4-3+. The zero-order valence-corrected chi connectivity index (χ0v) is 7.68. The zero-order chi connectivity index (χ0) is 9.14. The van der Waals surface area contributed by atoms with Crippen LogP contribution in [0.4, 0.5) is 0 Å². The third kappa shape index (κ3) is 2.17. The average Bonchev–Trinajstić information content (AvgIpc) is 2.28. The number of hydrogen-bond donors (Lipinski definition) is 1. The van der Waals surface area contributed by atoms with Gasteiger partial charge in [-0.3, -0.25) is 0 Å². The lowest BCUT2D eigenvalue weighted by molar-refractivity contribution is -0.131. The second-order valence-electron chi connectivity index (χ2n) is 2.37. The van der Waals surface area contributed by atoms with Crippen LogP contribution in [0.25, 0.3) is 6.08 Å². The van der Waals surface area contributed by atoms with E-state index < -0.39 is 5.97 Å². The number of carbonyl (C=O) groups is 1. The third-order valence-corrected chi connectivity index (χ3v) is 2.45. The summed E-state index contributed by atoms with van der Waals surface area (Å²) >= 11 is 1.50. The number of carboxylic acid groups (broad SMARTS) is 1. The fourth-order valence-electron chi connectivity index (χ4n) is 0.711. The summed E-state index contributed by atoms with van der Waals surface area (Å²) in [7, 11) is 0. The van der Waals surface area contributed by atoms with Gasteiger partial charge >= 0.3 is 5.97 Å². The Morgan fingerprint density at radius 1 is 1.58 bits per heavy atom. The van der Waals surface area contributed by atoms with Gasteiger partial charge < -0.3 is 5.11 Å². The highest BCUT2D eigenvalue weighted by molar-refractivity contribution is 7.12. The minimum absolute atomic E-state index is 0.743. The smallest absolute Gasteiger partial charge is 0.328 e. The Kier molecular flexibility index (Phi) is 2.60. The lowest BCUT2D eigenvalue weighted by Gasteiger charge is -1.79. The Balaban J connectivity index is 2.83. The molecule has 1 heterocycles. The molecule has 0 saturated carbocycles. The molecule has 1 aromatic rings. The number of thiazole rings is 1. The Labute approximate surface area is 74.4 Å². The Hall–Kier alpha value is -1.16. The summed E-state index contributed by atoms with van der Waals surface area (Å²) in [5.74, 6) is -0.944. The van der Waals surface area contributed by atoms with Crippen molar-refractivity contribution in [2.45, 2.75) is 13.8 Å². The van der Waals surface area contributed by atoms with Gasteiger partial charge in [-0.25, -0.2) is 9.78 Å². The lowest BCUT2D eigenvalue weighted by Crippen LogP contribution is -1.85. The second kappa shape index (κ2) is 3.49. The predicted octanol–water partition coefficient (Wildman–Crippen LogP) is 1.86. The number of aryl methyl sites for hydroxylation is 2. The molecule has 0 unspecified atom stereocenters. The van der Waals surface area contributed by atoms with Gasteiger partial charge in [0.05, 0.1) is 5.69 Å². The molecule has 0 fully saturated rings. The SMILES string of the molecule is Cc1nc(/C=C/C(=O)O)sc1C. The first-order valence-electron chi connectivity index (χ1n) is 3.44. The van der Waals surface area contributed by atoms with E-state index in [9.17, 15) is 4.79 Å². The largest absolute Gasteiger partial charge is 0.478 e. The van der Waals surface area contributed by atoms with E-state index in [-0.39, 0.29) is 0 Å². The highest BCUT2D eigenvalue weighted by atomic mass is 32.1. The van der Waals surface area contributed by atoms with Crippen molar-refractivity contribution in [3.63, 3.8) is 0 Å². The molecule has 1 N–H and O–H groups in total. The van der Waals surface area contributed by atoms with E-state index >= 15 is 0 Å². The molecule has 0 bridgehead atoms. The van der Waals surface area contributed by atoms with Crippen molar-refractivity contribution < 1.29 is 9.90 Å². The molecule has 0 amide bonds. The van der Waals surface area contributed by atoms with Crippen LogP contribution in [0, 0.1) is 13.8 Å². The summed E-state index contributed by atoms with van der Waals surface area (Å²) in [6, 6.07) is 0. The molecule has 0 aliphatic rings. The van der Waals surface area contributed by atoms with Crippen LogP contribution in [0.2, 0.25) is 0 Å². The van der Waals surface area contributed by atoms with E-state index in [1.54, 1.807) is 0 Å². The monoisotopic (exact) mass is 183 g/mol. The number of carboxylic acids is 1. The molecule has 1 rings (SSSR count). The van der Waals surface area contributed by atoms with Crippen molar-refractivity contribution in [2.24, 2.45) is 0 Å². The molecule has 0 radical (unpaired) electrons. The number of rotatable bonds is 2. The molecule has 0 aromatic carbocycles. The van der Waals surface area contributed by atoms with Crippen molar-refractivity contribution >= 4 is 23.4 Å². The summed E-state index contributed by atoms with van der Waals surface area (Å²) in [6.07, 6.45) is 2.60. The summed E-state index contributed by atoms with van der Waals surface area (Å²) in [6.45, 7) is 3.87. The van der Waals surface area contributed by atoms with Crippen molar-refractivity contribution in [3.05, 3.63) is 21.7 Å². The molecule has 1 aromatic heterocycles. The lowest BCUT2D eigenvalue weighted by atomic mass is 10.4. The first kappa shape index (κ1) is 8.93. The summed E-state index contributed by atoms with van der Waals surface area (Å²) < 4.78 is 0. The molecule has 0 spiro atoms. The molecule has 4 heteroatoms. The maximum Gasteiger partial charge on any atom is 0.328 e. The van der Waals surface area contributed by atoms with Crippen LogP contribution in [0.1, 0.15) is 15.6 Å². The Morgan fingerprint density at radius 2 is 2.25 bits per heavy atom. The average molecular weight is 183 g/mol. The van der Waals surface area contributed by atoms with Crippen molar-refractivity contribution in [2.75, 3.05) is 0 Å². The molecule has 12 heavy (non-hydrogen) atoms. The van der Waals surface area contributed by atoms with Gasteiger partial charge in [0.15, 0.2) is 0 Å². The summed E-state index contributed by atoms with van der Waals surface area (Å²) in [4.78, 5) is 15.4. The molecular formula is C8H9NO2S. The van der Waals surface area contributed by atoms with E-state index in [2.05, 4.69) is 4.98 Å². The van der Waals surface area contributed by atoms with Crippen LogP contribution >= 0.6 is 11.3 Å². The van der Waals surface area contributed by atoms with Gasteiger partial charge in [-0.15, -0.1) is 11.3 Å². The fraction of sp³-hybridized carbons (Fsp3) is 0.250. The maximum atomic E-state index is 10.2. The van der Waals surface area contributed by atoms with E-state index in [1.807, 2.05) is 13.8 Å². The Morgan fingerprint density at radius 3 is 2.67 bits per heavy atom. The normalized spacial score (nSPS) is 10.8. The highest BCUT2D eigenvalue weighted by Gasteiger charge is 1.99. The van der Waals surface area contributed by atoms with E-state index in [0.29, 0.717) is 0 Å². The zero-order valence-electron chi connectivity index (χ0n) is 6.87. The van der Waals surface area contributed by atoms with Gasteiger partial charge in [0.1, 0.15) is 5.01 Å². The van der Waals surface area contributed by atoms with Crippen LogP contribution in [-0.4, -0.2) is 16.1 Å². The number of nitrogens with zero attached hydrogens (tertiary/aromatic N) is 1. The molecule has 0 aliphatic heterocycles. The fourth-order valence-corrected chi connectivity index (χ4v) is 1.54. The number of aliphatic carboxylic acids is 1. The highest BCUT2D eigenvalue weighted by Crippen LogP contribution is 2.17. The Bertz CT molecular complexity index is 308. The molecule has 0 aliphatic carbocycles. The van der Waals surface area contributed by atoms with E-state index in [0.717, 1.165) is 21.7 Å². The minimum atomic E-state index is -0.944. The molecule has 0 atom stereocenters. The number of hydrogen-bond acceptors (Lipinski definition) is 3. The van der Waals surface area contributed by atoms with Crippen molar-refractivity contribution in [1.29, 1.82) is 0 Å². The van der Waals surface area contributed by atoms with Gasteiger partial charge in [0.2, 0.25) is 0 Å². The second-order valence-corrected chi connectivity index (χ2v) is 3.60. The summed E-state index contributed by atoms with van der Waals surface area (Å²) in [5.41, 5.74) is 0.963. The van der Waals surface area contributed by atoms with Crippen LogP contribution in [0.3, 0.4) is 0 Å². The number of aromatic nitrogens is 1. The van der Waals surface area contributed by atoms with Crippen molar-refractivity contribution in [3.8, 4) is 0 Å². The maximum absolute atomic E-state index is 10.2. The van der Waals surface area contributed by atoms with Crippen LogP contribution in [-0.2, 0) is 4.79 Å². The molecule has 0 saturated heterocycles. The quantitative estimate of drug-likeness (QED) is 0.712. The van der Waals surface area contributed by atoms with Gasteiger partial charge in [-0.2, -0.15) is 0 Å². The van der Waals surface area contributed by atoms with Crippen LogP contribution in [0.15, 0.2) is 6.08 Å². The van der Waals surface area contributed by atoms with Crippen molar-refractivity contribution in [1.82, 2.24) is 4.98 Å². The van der Waals surface area contributed by atoms with Gasteiger partial charge in [0, 0.05) is 11.0 Å². The molecular weight excluding hydrogens is 174 g/mol.